The minimum Gasteiger partial charge on any atom is -0.504 e. The van der Waals surface area contributed by atoms with Crippen molar-refractivity contribution < 1.29 is 9.84 Å². The number of rotatable bonds is 2. The average Bonchev–Trinajstić information content (AvgIpc) is 2.04. The van der Waals surface area contributed by atoms with E-state index in [-0.39, 0.29) is 11.8 Å². The van der Waals surface area contributed by atoms with Crippen molar-refractivity contribution in [1.29, 1.82) is 0 Å². The fraction of sp³-hybridized carbons (Fsp3) is 0.333. The van der Waals surface area contributed by atoms with Gasteiger partial charge in [0.05, 0.1) is 7.11 Å². The molecule has 3 N–H and O–H groups in total. The van der Waals surface area contributed by atoms with E-state index in [1.807, 2.05) is 0 Å². The predicted octanol–water partition coefficient (Wildman–Crippen LogP) is 2.18. The number of phenolic OH excluding ortho intramolecular Hbond substituents is 1. The maximum Gasteiger partial charge on any atom is 0.163 e. The Kier molecular flexibility index (Phi) is 3.17. The van der Waals surface area contributed by atoms with Crippen molar-refractivity contribution in [2.45, 2.75) is 13.0 Å². The highest BCUT2D eigenvalue weighted by atomic mass is 79.9. The Morgan fingerprint density at radius 3 is 2.62 bits per heavy atom. The summed E-state index contributed by atoms with van der Waals surface area (Å²) in [7, 11) is 1.51. The molecule has 0 amide bonds. The Morgan fingerprint density at radius 2 is 2.15 bits per heavy atom. The molecule has 0 fully saturated rings. The molecule has 0 aliphatic carbocycles. The number of hydrogen-bond acceptors (Lipinski definition) is 3. The third-order valence-electron chi connectivity index (χ3n) is 1.80. The fourth-order valence-corrected chi connectivity index (χ4v) is 1.84. The number of aromatic hydroxyl groups is 1. The van der Waals surface area contributed by atoms with Gasteiger partial charge in [0.25, 0.3) is 0 Å². The molecule has 0 saturated heterocycles. The summed E-state index contributed by atoms with van der Waals surface area (Å²) in [6.07, 6.45) is 0. The van der Waals surface area contributed by atoms with Crippen LogP contribution in [0.5, 0.6) is 11.5 Å². The third kappa shape index (κ3) is 1.95. The van der Waals surface area contributed by atoms with E-state index in [0.29, 0.717) is 11.3 Å². The van der Waals surface area contributed by atoms with E-state index in [1.165, 1.54) is 7.11 Å². The number of ether oxygens (including phenoxy) is 1. The van der Waals surface area contributed by atoms with Crippen molar-refractivity contribution in [1.82, 2.24) is 0 Å². The van der Waals surface area contributed by atoms with Crippen LogP contribution >= 0.6 is 15.9 Å². The van der Waals surface area contributed by atoms with E-state index in [4.69, 9.17) is 10.5 Å². The van der Waals surface area contributed by atoms with Gasteiger partial charge in [-0.1, -0.05) is 15.9 Å². The van der Waals surface area contributed by atoms with Gasteiger partial charge in [0, 0.05) is 16.1 Å². The zero-order valence-electron chi connectivity index (χ0n) is 7.54. The number of hydrogen-bond donors (Lipinski definition) is 2. The van der Waals surface area contributed by atoms with Gasteiger partial charge in [0.15, 0.2) is 11.5 Å². The molecule has 0 spiro atoms. The SMILES string of the molecule is COc1ccc(Br)c([C@@H](C)N)c1O. The van der Waals surface area contributed by atoms with Gasteiger partial charge in [-0.25, -0.2) is 0 Å². The molecule has 0 aromatic heterocycles. The monoisotopic (exact) mass is 245 g/mol. The minimum atomic E-state index is -0.232. The summed E-state index contributed by atoms with van der Waals surface area (Å²) in [5, 5.41) is 9.71. The maximum absolute atomic E-state index is 9.71. The summed E-state index contributed by atoms with van der Waals surface area (Å²) in [6.45, 7) is 1.80. The third-order valence-corrected chi connectivity index (χ3v) is 2.49. The second-order valence-corrected chi connectivity index (χ2v) is 3.65. The first kappa shape index (κ1) is 10.3. The van der Waals surface area contributed by atoms with Crippen LogP contribution in [-0.2, 0) is 0 Å². The molecule has 0 heterocycles. The van der Waals surface area contributed by atoms with Gasteiger partial charge in [-0.3, -0.25) is 0 Å². The Hall–Kier alpha value is -0.740. The van der Waals surface area contributed by atoms with E-state index in [2.05, 4.69) is 15.9 Å². The average molecular weight is 246 g/mol. The molecule has 1 aromatic carbocycles. The zero-order chi connectivity index (χ0) is 10.0. The number of halogens is 1. The fourth-order valence-electron chi connectivity index (χ4n) is 1.16. The minimum absolute atomic E-state index is 0.104. The molecule has 13 heavy (non-hydrogen) atoms. The lowest BCUT2D eigenvalue weighted by Crippen LogP contribution is -2.06. The Labute approximate surface area is 85.6 Å². The molecule has 0 bridgehead atoms. The second kappa shape index (κ2) is 3.98. The van der Waals surface area contributed by atoms with Gasteiger partial charge in [-0.15, -0.1) is 0 Å². The van der Waals surface area contributed by atoms with Crippen molar-refractivity contribution in [3.05, 3.63) is 22.2 Å². The van der Waals surface area contributed by atoms with Gasteiger partial charge < -0.3 is 15.6 Å². The van der Waals surface area contributed by atoms with E-state index in [0.717, 1.165) is 4.47 Å². The van der Waals surface area contributed by atoms with Crippen LogP contribution in [0, 0.1) is 0 Å². The van der Waals surface area contributed by atoms with Crippen LogP contribution in [0.25, 0.3) is 0 Å². The van der Waals surface area contributed by atoms with Gasteiger partial charge in [-0.2, -0.15) is 0 Å². The lowest BCUT2D eigenvalue weighted by atomic mass is 10.1. The maximum atomic E-state index is 9.71. The number of nitrogens with two attached hydrogens (primary N) is 1. The summed E-state index contributed by atoms with van der Waals surface area (Å²) >= 11 is 3.32. The molecule has 0 radical (unpaired) electrons. The summed E-state index contributed by atoms with van der Waals surface area (Å²) in [4.78, 5) is 0. The molecule has 0 saturated carbocycles. The van der Waals surface area contributed by atoms with Crippen LogP contribution in [0.3, 0.4) is 0 Å². The molecule has 3 nitrogen and oxygen atoms in total. The van der Waals surface area contributed by atoms with Crippen LogP contribution in [0.1, 0.15) is 18.5 Å². The van der Waals surface area contributed by atoms with Crippen LogP contribution < -0.4 is 10.5 Å². The van der Waals surface area contributed by atoms with Gasteiger partial charge in [0.1, 0.15) is 0 Å². The van der Waals surface area contributed by atoms with Crippen LogP contribution in [0.2, 0.25) is 0 Å². The van der Waals surface area contributed by atoms with E-state index >= 15 is 0 Å². The molecule has 72 valence electrons. The number of benzene rings is 1. The van der Waals surface area contributed by atoms with E-state index in [1.54, 1.807) is 19.1 Å². The highest BCUT2D eigenvalue weighted by Crippen LogP contribution is 2.37. The van der Waals surface area contributed by atoms with Gasteiger partial charge >= 0.3 is 0 Å². The van der Waals surface area contributed by atoms with Crippen molar-refractivity contribution >= 4 is 15.9 Å². The molecule has 1 atom stereocenters. The van der Waals surface area contributed by atoms with Crippen LogP contribution in [-0.4, -0.2) is 12.2 Å². The zero-order valence-corrected chi connectivity index (χ0v) is 9.13. The van der Waals surface area contributed by atoms with Crippen molar-refractivity contribution in [3.8, 4) is 11.5 Å². The number of phenols is 1. The quantitative estimate of drug-likeness (QED) is 0.840. The molecule has 0 unspecified atom stereocenters. The lowest BCUT2D eigenvalue weighted by molar-refractivity contribution is 0.369. The standard InChI is InChI=1S/C9H12BrNO2/c1-5(11)8-6(10)3-4-7(13-2)9(8)12/h3-5,12H,11H2,1-2H3/t5-/m1/s1. The molecule has 4 heteroatoms. The van der Waals surface area contributed by atoms with Crippen LogP contribution in [0.4, 0.5) is 0 Å². The molecule has 1 aromatic rings. The largest absolute Gasteiger partial charge is 0.504 e. The smallest absolute Gasteiger partial charge is 0.163 e. The highest BCUT2D eigenvalue weighted by molar-refractivity contribution is 9.10. The molecular weight excluding hydrogens is 234 g/mol. The summed E-state index contributed by atoms with van der Waals surface area (Å²) < 4.78 is 5.76. The van der Waals surface area contributed by atoms with E-state index in [9.17, 15) is 5.11 Å². The molecular formula is C9H12BrNO2. The predicted molar refractivity (Wildman–Crippen MR) is 55.0 cm³/mol. The van der Waals surface area contributed by atoms with E-state index < -0.39 is 0 Å². The van der Waals surface area contributed by atoms with Crippen molar-refractivity contribution in [3.63, 3.8) is 0 Å². The van der Waals surface area contributed by atoms with Crippen molar-refractivity contribution in [2.24, 2.45) is 5.73 Å². The van der Waals surface area contributed by atoms with Gasteiger partial charge in [0.2, 0.25) is 0 Å². The first-order valence-electron chi connectivity index (χ1n) is 3.89. The summed E-state index contributed by atoms with van der Waals surface area (Å²) in [5.41, 5.74) is 6.36. The summed E-state index contributed by atoms with van der Waals surface area (Å²) in [6, 6.07) is 3.26. The molecule has 1 rings (SSSR count). The molecule has 0 aliphatic heterocycles. The van der Waals surface area contributed by atoms with Crippen LogP contribution in [0.15, 0.2) is 16.6 Å². The normalized spacial score (nSPS) is 12.6. The Bertz CT molecular complexity index is 313. The first-order valence-corrected chi connectivity index (χ1v) is 4.68. The van der Waals surface area contributed by atoms with Gasteiger partial charge in [-0.05, 0) is 19.1 Å². The highest BCUT2D eigenvalue weighted by Gasteiger charge is 2.14. The summed E-state index contributed by atoms with van der Waals surface area (Å²) in [5.74, 6) is 0.544. The second-order valence-electron chi connectivity index (χ2n) is 2.80. The molecule has 0 aliphatic rings. The topological polar surface area (TPSA) is 55.5 Å². The number of methoxy groups -OCH3 is 1. The first-order chi connectivity index (χ1) is 6.07. The lowest BCUT2D eigenvalue weighted by Gasteiger charge is -2.13. The Balaban J connectivity index is 3.30. The van der Waals surface area contributed by atoms with Crippen molar-refractivity contribution in [2.75, 3.05) is 7.11 Å². The Morgan fingerprint density at radius 1 is 1.54 bits per heavy atom.